The van der Waals surface area contributed by atoms with Crippen molar-refractivity contribution in [3.8, 4) is 0 Å². The number of hydrogen-bond acceptors (Lipinski definition) is 7. The van der Waals surface area contributed by atoms with Gasteiger partial charge in [-0.15, -0.1) is 0 Å². The standard InChI is InChI=1S/C25H39N7O/c1-30-12-14-31(15-13-30)20-8-6-19(7-9-20)28-24-27-17-18-16-25(10-11-26-23(25)33)32(22(18)29-24)21-4-2-3-5-21/h17,19-21H,2-16H2,1H3,(H,26,33)(H,27,28,29). The van der Waals surface area contributed by atoms with Crippen LogP contribution < -0.4 is 15.5 Å². The van der Waals surface area contributed by atoms with Crippen molar-refractivity contribution < 1.29 is 4.79 Å². The average Bonchev–Trinajstić information content (AvgIpc) is 3.55. The second kappa shape index (κ2) is 8.69. The van der Waals surface area contributed by atoms with Crippen LogP contribution in [0, 0.1) is 0 Å². The Labute approximate surface area is 197 Å². The largest absolute Gasteiger partial charge is 0.354 e. The van der Waals surface area contributed by atoms with Crippen molar-refractivity contribution in [3.05, 3.63) is 11.8 Å². The van der Waals surface area contributed by atoms with Gasteiger partial charge in [-0.05, 0) is 52.0 Å². The van der Waals surface area contributed by atoms with Crippen molar-refractivity contribution in [1.82, 2.24) is 25.1 Å². The van der Waals surface area contributed by atoms with E-state index in [1.807, 2.05) is 6.20 Å². The number of nitrogens with zero attached hydrogens (tertiary/aromatic N) is 5. The van der Waals surface area contributed by atoms with E-state index >= 15 is 0 Å². The third kappa shape index (κ3) is 3.89. The fourth-order valence-corrected chi connectivity index (χ4v) is 7.10. The summed E-state index contributed by atoms with van der Waals surface area (Å²) in [6.45, 7) is 5.57. The van der Waals surface area contributed by atoms with Gasteiger partial charge in [0.1, 0.15) is 11.4 Å². The first-order valence-electron chi connectivity index (χ1n) is 13.2. The summed E-state index contributed by atoms with van der Waals surface area (Å²) in [5.41, 5.74) is 0.703. The molecule has 2 saturated carbocycles. The van der Waals surface area contributed by atoms with Crippen LogP contribution >= 0.6 is 0 Å². The number of amides is 1. The number of nitrogens with one attached hydrogen (secondary N) is 2. The Bertz CT molecular complexity index is 872. The molecule has 4 heterocycles. The van der Waals surface area contributed by atoms with Crippen LogP contribution in [-0.4, -0.2) is 89.1 Å². The monoisotopic (exact) mass is 453 g/mol. The Kier molecular flexibility index (Phi) is 5.69. The summed E-state index contributed by atoms with van der Waals surface area (Å²) in [4.78, 5) is 30.3. The van der Waals surface area contributed by atoms with Gasteiger partial charge >= 0.3 is 0 Å². The van der Waals surface area contributed by atoms with E-state index in [4.69, 9.17) is 9.97 Å². The molecule has 1 amide bonds. The number of carbonyl (C=O) groups excluding carboxylic acids is 1. The van der Waals surface area contributed by atoms with Crippen LogP contribution in [-0.2, 0) is 11.2 Å². The highest BCUT2D eigenvalue weighted by atomic mass is 16.2. The lowest BCUT2D eigenvalue weighted by Crippen LogP contribution is -2.56. The zero-order valence-corrected chi connectivity index (χ0v) is 20.1. The molecule has 3 aliphatic heterocycles. The smallest absolute Gasteiger partial charge is 0.246 e. The van der Waals surface area contributed by atoms with Gasteiger partial charge in [-0.25, -0.2) is 4.98 Å². The summed E-state index contributed by atoms with van der Waals surface area (Å²) < 4.78 is 0. The van der Waals surface area contributed by atoms with Gasteiger partial charge in [0.25, 0.3) is 0 Å². The van der Waals surface area contributed by atoms with Gasteiger partial charge in [0.15, 0.2) is 0 Å². The van der Waals surface area contributed by atoms with E-state index in [-0.39, 0.29) is 5.91 Å². The lowest BCUT2D eigenvalue weighted by atomic mass is 9.90. The van der Waals surface area contributed by atoms with Crippen LogP contribution in [0.25, 0.3) is 0 Å². The van der Waals surface area contributed by atoms with Crippen LogP contribution in [0.3, 0.4) is 0 Å². The maximum atomic E-state index is 13.0. The third-order valence-corrected chi connectivity index (χ3v) is 9.03. The van der Waals surface area contributed by atoms with Crippen LogP contribution in [0.4, 0.5) is 11.8 Å². The molecule has 2 N–H and O–H groups in total. The average molecular weight is 454 g/mol. The molecule has 5 aliphatic rings. The Morgan fingerprint density at radius 3 is 2.48 bits per heavy atom. The zero-order chi connectivity index (χ0) is 22.4. The van der Waals surface area contributed by atoms with Crippen molar-refractivity contribution in [2.45, 2.75) is 87.9 Å². The fourth-order valence-electron chi connectivity index (χ4n) is 7.10. The van der Waals surface area contributed by atoms with Crippen molar-refractivity contribution in [2.75, 3.05) is 50.0 Å². The predicted molar refractivity (Wildman–Crippen MR) is 130 cm³/mol. The van der Waals surface area contributed by atoms with Crippen molar-refractivity contribution in [3.63, 3.8) is 0 Å². The van der Waals surface area contributed by atoms with E-state index in [0.29, 0.717) is 12.1 Å². The lowest BCUT2D eigenvalue weighted by Gasteiger charge is -2.41. The van der Waals surface area contributed by atoms with Crippen LogP contribution in [0.2, 0.25) is 0 Å². The molecule has 2 aliphatic carbocycles. The minimum Gasteiger partial charge on any atom is -0.354 e. The van der Waals surface area contributed by atoms with E-state index in [2.05, 4.69) is 32.4 Å². The Hall–Kier alpha value is -1.93. The van der Waals surface area contributed by atoms with E-state index in [9.17, 15) is 4.79 Å². The Balaban J connectivity index is 1.14. The number of likely N-dealkylation sites (N-methyl/N-ethyl adjacent to an activating group) is 1. The summed E-state index contributed by atoms with van der Waals surface area (Å²) in [5, 5.41) is 6.77. The summed E-state index contributed by atoms with van der Waals surface area (Å²) in [6, 6.07) is 1.60. The molecular formula is C25H39N7O. The topological polar surface area (TPSA) is 76.6 Å². The maximum Gasteiger partial charge on any atom is 0.246 e. The van der Waals surface area contributed by atoms with Crippen LogP contribution in [0.5, 0.6) is 0 Å². The first-order chi connectivity index (χ1) is 16.1. The van der Waals surface area contributed by atoms with Crippen LogP contribution in [0.1, 0.15) is 63.4 Å². The molecule has 180 valence electrons. The van der Waals surface area contributed by atoms with E-state index in [0.717, 1.165) is 55.6 Å². The number of hydrogen-bond donors (Lipinski definition) is 2. The van der Waals surface area contributed by atoms with Gasteiger partial charge in [-0.2, -0.15) is 4.98 Å². The predicted octanol–water partition coefficient (Wildman–Crippen LogP) is 2.01. The highest BCUT2D eigenvalue weighted by Crippen LogP contribution is 2.46. The zero-order valence-electron chi connectivity index (χ0n) is 20.1. The quantitative estimate of drug-likeness (QED) is 0.722. The molecule has 1 atom stereocenters. The Morgan fingerprint density at radius 1 is 1.03 bits per heavy atom. The molecule has 6 rings (SSSR count). The highest BCUT2D eigenvalue weighted by Gasteiger charge is 2.55. The number of anilines is 2. The first kappa shape index (κ1) is 21.6. The summed E-state index contributed by atoms with van der Waals surface area (Å²) in [7, 11) is 2.23. The minimum absolute atomic E-state index is 0.184. The fraction of sp³-hybridized carbons (Fsp3) is 0.800. The second-order valence-electron chi connectivity index (χ2n) is 11.1. The first-order valence-corrected chi connectivity index (χ1v) is 13.2. The lowest BCUT2D eigenvalue weighted by molar-refractivity contribution is -0.123. The molecule has 1 unspecified atom stereocenters. The molecule has 1 spiro atoms. The Morgan fingerprint density at radius 2 is 1.79 bits per heavy atom. The van der Waals surface area contributed by atoms with Gasteiger partial charge in [0.05, 0.1) is 0 Å². The number of piperazine rings is 1. The minimum atomic E-state index is -0.439. The molecule has 0 aromatic carbocycles. The van der Waals surface area contributed by atoms with Crippen molar-refractivity contribution in [1.29, 1.82) is 0 Å². The van der Waals surface area contributed by atoms with E-state index in [1.54, 1.807) is 0 Å². The maximum absolute atomic E-state index is 13.0. The molecule has 0 bridgehead atoms. The molecule has 0 radical (unpaired) electrons. The van der Waals surface area contributed by atoms with Gasteiger partial charge < -0.3 is 20.4 Å². The number of rotatable bonds is 4. The normalized spacial score (nSPS) is 33.6. The molecular weight excluding hydrogens is 414 g/mol. The summed E-state index contributed by atoms with van der Waals surface area (Å²) in [5.74, 6) is 1.95. The van der Waals surface area contributed by atoms with Crippen molar-refractivity contribution in [2.24, 2.45) is 0 Å². The molecule has 8 heteroatoms. The van der Waals surface area contributed by atoms with Gasteiger partial charge in [-0.3, -0.25) is 9.69 Å². The molecule has 4 fully saturated rings. The van der Waals surface area contributed by atoms with Crippen molar-refractivity contribution >= 4 is 17.7 Å². The number of carbonyl (C=O) groups is 1. The van der Waals surface area contributed by atoms with Crippen LogP contribution in [0.15, 0.2) is 6.20 Å². The molecule has 1 aromatic heterocycles. The SMILES string of the molecule is CN1CCN(C2CCC(Nc3ncc4c(n3)N(C3CCCC3)C3(CCNC3=O)C4)CC2)CC1. The number of fused-ring (bicyclic) bond motifs is 1. The molecule has 1 aromatic rings. The highest BCUT2D eigenvalue weighted by molar-refractivity contribution is 5.94. The van der Waals surface area contributed by atoms with Gasteiger partial charge in [0, 0.05) is 69.0 Å². The van der Waals surface area contributed by atoms with E-state index < -0.39 is 5.54 Å². The van der Waals surface area contributed by atoms with E-state index in [1.165, 1.54) is 64.7 Å². The second-order valence-corrected chi connectivity index (χ2v) is 11.1. The number of aromatic nitrogens is 2. The summed E-state index contributed by atoms with van der Waals surface area (Å²) in [6.07, 6.45) is 13.3. The molecule has 8 nitrogen and oxygen atoms in total. The van der Waals surface area contributed by atoms with Gasteiger partial charge in [-0.1, -0.05) is 12.8 Å². The molecule has 33 heavy (non-hydrogen) atoms. The van der Waals surface area contributed by atoms with Gasteiger partial charge in [0.2, 0.25) is 11.9 Å². The summed E-state index contributed by atoms with van der Waals surface area (Å²) >= 11 is 0. The molecule has 2 saturated heterocycles. The third-order valence-electron chi connectivity index (χ3n) is 9.03.